The van der Waals surface area contributed by atoms with Crippen LogP contribution in [0.5, 0.6) is 0 Å². The van der Waals surface area contributed by atoms with Gasteiger partial charge in [-0.25, -0.2) is 15.0 Å². The zero-order chi connectivity index (χ0) is 34.6. The van der Waals surface area contributed by atoms with E-state index < -0.39 is 5.41 Å². The van der Waals surface area contributed by atoms with Gasteiger partial charge in [-0.2, -0.15) is 5.26 Å². The standard InChI is InChI=1S/C47H28N4S/c48-29-30-19-25-40-42(27-30)52-43-28-35(24-26-41(43)47(40)38-17-9-7-15-36(38)37-16-8-10-18-39(37)47)31-20-22-34(23-21-31)46-50-44(32-11-3-1-4-12-32)49-45(51-46)33-13-5-2-6-14-33/h1-28H. The van der Waals surface area contributed by atoms with Crippen molar-refractivity contribution < 1.29 is 0 Å². The van der Waals surface area contributed by atoms with Gasteiger partial charge in [-0.3, -0.25) is 0 Å². The van der Waals surface area contributed by atoms with Gasteiger partial charge in [0, 0.05) is 26.5 Å². The minimum absolute atomic E-state index is 0.481. The first kappa shape index (κ1) is 30.2. The first-order valence-corrected chi connectivity index (χ1v) is 18.1. The van der Waals surface area contributed by atoms with Crippen molar-refractivity contribution in [2.75, 3.05) is 0 Å². The van der Waals surface area contributed by atoms with Crippen molar-refractivity contribution in [3.63, 3.8) is 0 Å². The fourth-order valence-corrected chi connectivity index (χ4v) is 9.18. The van der Waals surface area contributed by atoms with Gasteiger partial charge in [0.15, 0.2) is 17.5 Å². The molecule has 52 heavy (non-hydrogen) atoms. The molecule has 0 amide bonds. The molecule has 0 atom stereocenters. The average Bonchev–Trinajstić information content (AvgIpc) is 3.51. The topological polar surface area (TPSA) is 62.5 Å². The van der Waals surface area contributed by atoms with Crippen molar-refractivity contribution in [2.45, 2.75) is 15.2 Å². The molecule has 1 spiro atoms. The lowest BCUT2D eigenvalue weighted by Crippen LogP contribution is -2.32. The van der Waals surface area contributed by atoms with Crippen molar-refractivity contribution >= 4 is 11.8 Å². The van der Waals surface area contributed by atoms with Crippen LogP contribution in [0.3, 0.4) is 0 Å². The highest BCUT2D eigenvalue weighted by molar-refractivity contribution is 7.99. The zero-order valence-electron chi connectivity index (χ0n) is 27.9. The van der Waals surface area contributed by atoms with Crippen LogP contribution < -0.4 is 0 Å². The molecular formula is C47H28N4S. The fourth-order valence-electron chi connectivity index (χ4n) is 7.91. The average molecular weight is 681 g/mol. The van der Waals surface area contributed by atoms with E-state index in [0.29, 0.717) is 23.0 Å². The Morgan fingerprint density at radius 2 is 0.846 bits per heavy atom. The summed E-state index contributed by atoms with van der Waals surface area (Å²) in [6, 6.07) is 61.6. The van der Waals surface area contributed by atoms with Crippen LogP contribution in [0.15, 0.2) is 180 Å². The number of hydrogen-bond donors (Lipinski definition) is 0. The van der Waals surface area contributed by atoms with E-state index in [2.05, 4.69) is 109 Å². The monoisotopic (exact) mass is 680 g/mol. The third-order valence-electron chi connectivity index (χ3n) is 10.2. The third-order valence-corrected chi connectivity index (χ3v) is 11.4. The van der Waals surface area contributed by atoms with Crippen LogP contribution in [0.25, 0.3) is 56.4 Å². The normalized spacial score (nSPS) is 13.1. The second-order valence-electron chi connectivity index (χ2n) is 13.1. The number of hydrogen-bond acceptors (Lipinski definition) is 5. The summed E-state index contributed by atoms with van der Waals surface area (Å²) in [5.74, 6) is 1.92. The second kappa shape index (κ2) is 12.0. The number of nitriles is 1. The van der Waals surface area contributed by atoms with Gasteiger partial charge < -0.3 is 0 Å². The lowest BCUT2D eigenvalue weighted by atomic mass is 9.67. The molecule has 0 unspecified atom stereocenters. The molecule has 5 heteroatoms. The molecule has 8 aromatic rings. The second-order valence-corrected chi connectivity index (χ2v) is 14.2. The van der Waals surface area contributed by atoms with E-state index in [1.807, 2.05) is 66.7 Å². The van der Waals surface area contributed by atoms with Gasteiger partial charge in [-0.05, 0) is 62.7 Å². The number of aromatic nitrogens is 3. The Kier molecular flexibility index (Phi) is 6.99. The largest absolute Gasteiger partial charge is 0.208 e. The number of benzene rings is 7. The van der Waals surface area contributed by atoms with E-state index in [9.17, 15) is 5.26 Å². The van der Waals surface area contributed by atoms with Gasteiger partial charge in [0.25, 0.3) is 0 Å². The molecule has 2 heterocycles. The summed E-state index contributed by atoms with van der Waals surface area (Å²) in [5.41, 5.74) is 12.8. The summed E-state index contributed by atoms with van der Waals surface area (Å²) in [7, 11) is 0. The van der Waals surface area contributed by atoms with E-state index in [0.717, 1.165) is 32.7 Å². The fraction of sp³-hybridized carbons (Fsp3) is 0.0213. The first-order chi connectivity index (χ1) is 25.7. The third kappa shape index (κ3) is 4.66. The van der Waals surface area contributed by atoms with Crippen LogP contribution in [0.1, 0.15) is 27.8 Å². The van der Waals surface area contributed by atoms with Crippen LogP contribution in [0, 0.1) is 11.3 Å². The minimum atomic E-state index is -0.481. The SMILES string of the molecule is N#Cc1ccc2c(c1)Sc1cc(-c3ccc(-c4nc(-c5ccccc5)nc(-c5ccccc5)n4)cc3)ccc1C21c2ccccc2-c2ccccc21. The molecule has 0 fully saturated rings. The van der Waals surface area contributed by atoms with Gasteiger partial charge in [-0.1, -0.05) is 163 Å². The van der Waals surface area contributed by atoms with Crippen LogP contribution >= 0.6 is 11.8 Å². The van der Waals surface area contributed by atoms with E-state index in [-0.39, 0.29) is 0 Å². The maximum absolute atomic E-state index is 9.88. The highest BCUT2D eigenvalue weighted by atomic mass is 32.2. The highest BCUT2D eigenvalue weighted by Crippen LogP contribution is 2.62. The van der Waals surface area contributed by atoms with Crippen molar-refractivity contribution in [1.29, 1.82) is 5.26 Å². The summed E-state index contributed by atoms with van der Waals surface area (Å²) in [4.78, 5) is 17.0. The molecule has 0 radical (unpaired) electrons. The molecule has 242 valence electrons. The Bertz CT molecular complexity index is 2610. The van der Waals surface area contributed by atoms with Gasteiger partial charge in [0.1, 0.15) is 0 Å². The van der Waals surface area contributed by atoms with Crippen LogP contribution in [0.4, 0.5) is 0 Å². The minimum Gasteiger partial charge on any atom is -0.208 e. The maximum Gasteiger partial charge on any atom is 0.164 e. The summed E-state index contributed by atoms with van der Waals surface area (Å²) in [6.07, 6.45) is 0. The Morgan fingerprint density at radius 1 is 0.404 bits per heavy atom. The van der Waals surface area contributed by atoms with Crippen LogP contribution in [-0.2, 0) is 5.41 Å². The van der Waals surface area contributed by atoms with E-state index in [1.165, 1.54) is 38.3 Å². The molecule has 7 aromatic carbocycles. The summed E-state index contributed by atoms with van der Waals surface area (Å²) in [6.45, 7) is 0. The summed E-state index contributed by atoms with van der Waals surface area (Å²) < 4.78 is 0. The molecule has 0 bridgehead atoms. The van der Waals surface area contributed by atoms with Crippen molar-refractivity contribution in [3.05, 3.63) is 198 Å². The van der Waals surface area contributed by atoms with Crippen molar-refractivity contribution in [2.24, 2.45) is 0 Å². The molecule has 0 N–H and O–H groups in total. The van der Waals surface area contributed by atoms with Gasteiger partial charge in [-0.15, -0.1) is 0 Å². The molecule has 1 aliphatic heterocycles. The number of rotatable bonds is 4. The van der Waals surface area contributed by atoms with Gasteiger partial charge in [0.2, 0.25) is 0 Å². The molecule has 1 aromatic heterocycles. The van der Waals surface area contributed by atoms with Crippen molar-refractivity contribution in [3.8, 4) is 62.5 Å². The first-order valence-electron chi connectivity index (χ1n) is 17.2. The van der Waals surface area contributed by atoms with E-state index >= 15 is 0 Å². The van der Waals surface area contributed by atoms with Gasteiger partial charge >= 0.3 is 0 Å². The lowest BCUT2D eigenvalue weighted by molar-refractivity contribution is 0.722. The molecule has 4 nitrogen and oxygen atoms in total. The zero-order valence-corrected chi connectivity index (χ0v) is 28.7. The molecule has 0 saturated carbocycles. The van der Waals surface area contributed by atoms with Crippen LogP contribution in [0.2, 0.25) is 0 Å². The Balaban J connectivity index is 1.09. The highest BCUT2D eigenvalue weighted by Gasteiger charge is 2.50. The molecule has 1 aliphatic carbocycles. The number of fused-ring (bicyclic) bond motifs is 9. The Morgan fingerprint density at radius 3 is 1.40 bits per heavy atom. The molecule has 2 aliphatic rings. The molecule has 10 rings (SSSR count). The maximum atomic E-state index is 9.88. The van der Waals surface area contributed by atoms with E-state index in [1.54, 1.807) is 11.8 Å². The predicted molar refractivity (Wildman–Crippen MR) is 208 cm³/mol. The Hall–Kier alpha value is -6.61. The molecule has 0 saturated heterocycles. The van der Waals surface area contributed by atoms with Crippen LogP contribution in [-0.4, -0.2) is 15.0 Å². The molecular weight excluding hydrogens is 653 g/mol. The van der Waals surface area contributed by atoms with E-state index in [4.69, 9.17) is 15.0 Å². The van der Waals surface area contributed by atoms with Gasteiger partial charge in [0.05, 0.1) is 17.0 Å². The summed E-state index contributed by atoms with van der Waals surface area (Å²) >= 11 is 1.75. The Labute approximate surface area is 306 Å². The lowest BCUT2D eigenvalue weighted by Gasteiger charge is -2.40. The van der Waals surface area contributed by atoms with Crippen molar-refractivity contribution in [1.82, 2.24) is 15.0 Å². The number of nitrogens with zero attached hydrogens (tertiary/aromatic N) is 4. The smallest absolute Gasteiger partial charge is 0.164 e. The quantitative estimate of drug-likeness (QED) is 0.185. The summed E-state index contributed by atoms with van der Waals surface area (Å²) in [5, 5.41) is 9.88. The predicted octanol–water partition coefficient (Wildman–Crippen LogP) is 11.2.